The number of hydrogen-bond donors (Lipinski definition) is 4. The van der Waals surface area contributed by atoms with Crippen LogP contribution in [0.25, 0.3) is 33.1 Å². The Hall–Kier alpha value is -3.29. The van der Waals surface area contributed by atoms with Crippen LogP contribution in [0.3, 0.4) is 0 Å². The number of rotatable bonds is 1. The summed E-state index contributed by atoms with van der Waals surface area (Å²) >= 11 is 10.0. The highest BCUT2D eigenvalue weighted by molar-refractivity contribution is 9.11. The maximum absolute atomic E-state index is 10.6. The lowest BCUT2D eigenvalue weighted by Crippen LogP contribution is -1.85. The summed E-state index contributed by atoms with van der Waals surface area (Å²) < 4.78 is 2.73. The second-order valence-electron chi connectivity index (χ2n) is 6.74. The fraction of sp³-hybridized carbons (Fsp3) is 0. The predicted molar refractivity (Wildman–Crippen MR) is 142 cm³/mol. The molecule has 6 heterocycles. The quantitative estimate of drug-likeness (QED) is 0.118. The zero-order chi connectivity index (χ0) is 24.2. The van der Waals surface area contributed by atoms with Crippen molar-refractivity contribution >= 4 is 92.3 Å². The number of anilines is 1. The number of nitrogen functional groups attached to an aromatic ring is 1. The van der Waals surface area contributed by atoms with E-state index in [2.05, 4.69) is 77.7 Å². The number of nitrogens with zero attached hydrogens (tertiary/aromatic N) is 4. The van der Waals surface area contributed by atoms with Crippen LogP contribution in [-0.4, -0.2) is 34.8 Å². The van der Waals surface area contributed by atoms with E-state index in [-0.39, 0.29) is 5.69 Å². The molecule has 0 aliphatic heterocycles. The second-order valence-corrected chi connectivity index (χ2v) is 9.30. The highest BCUT2D eigenvalue weighted by atomic mass is 79.9. The zero-order valence-corrected chi connectivity index (χ0v) is 21.8. The summed E-state index contributed by atoms with van der Waals surface area (Å²) in [6, 6.07) is 7.46. The van der Waals surface area contributed by atoms with Crippen molar-refractivity contribution in [1.29, 1.82) is 0 Å². The molecular weight excluding hydrogens is 636 g/mol. The first-order valence-electron chi connectivity index (χ1n) is 9.57. The van der Waals surface area contributed by atoms with Crippen molar-refractivity contribution < 1.29 is 4.92 Å². The van der Waals surface area contributed by atoms with Crippen LogP contribution in [0.4, 0.5) is 11.4 Å². The Bertz CT molecular complexity index is 1610. The number of aromatic nitrogens is 6. The van der Waals surface area contributed by atoms with E-state index in [1.807, 2.05) is 24.4 Å². The molecule has 6 aromatic rings. The Morgan fingerprint density at radius 1 is 0.765 bits per heavy atom. The molecule has 0 bridgehead atoms. The lowest BCUT2D eigenvalue weighted by Gasteiger charge is -1.92. The topological polar surface area (TPSA) is 155 Å². The Labute approximate surface area is 216 Å². The minimum atomic E-state index is -0.439. The van der Waals surface area contributed by atoms with E-state index in [4.69, 9.17) is 5.73 Å². The van der Waals surface area contributed by atoms with Gasteiger partial charge < -0.3 is 20.7 Å². The number of halogens is 3. The molecule has 13 heteroatoms. The van der Waals surface area contributed by atoms with Crippen molar-refractivity contribution in [3.05, 3.63) is 85.0 Å². The van der Waals surface area contributed by atoms with Gasteiger partial charge in [0.25, 0.3) is 5.69 Å². The molecule has 0 spiro atoms. The predicted octanol–water partition coefficient (Wildman–Crippen LogP) is 6.47. The summed E-state index contributed by atoms with van der Waals surface area (Å²) in [6.07, 6.45) is 10.0. The average Bonchev–Trinajstić information content (AvgIpc) is 3.54. The number of nitro groups is 1. The summed E-state index contributed by atoms with van der Waals surface area (Å²) in [5, 5.41) is 13.2. The molecule has 6 rings (SSSR count). The third-order valence-corrected chi connectivity index (χ3v) is 6.67. The van der Waals surface area contributed by atoms with Crippen LogP contribution in [0.2, 0.25) is 0 Å². The molecule has 172 valence electrons. The van der Waals surface area contributed by atoms with Gasteiger partial charge in [0.2, 0.25) is 0 Å². The third kappa shape index (κ3) is 4.95. The van der Waals surface area contributed by atoms with Gasteiger partial charge in [0, 0.05) is 49.8 Å². The van der Waals surface area contributed by atoms with Gasteiger partial charge in [-0.1, -0.05) is 0 Å². The lowest BCUT2D eigenvalue weighted by atomic mass is 10.3. The molecule has 0 aliphatic rings. The van der Waals surface area contributed by atoms with Crippen molar-refractivity contribution in [2.75, 3.05) is 5.73 Å². The van der Waals surface area contributed by atoms with Gasteiger partial charge in [0.05, 0.1) is 22.2 Å². The molecule has 0 saturated carbocycles. The van der Waals surface area contributed by atoms with Crippen LogP contribution in [0.1, 0.15) is 0 Å². The lowest BCUT2D eigenvalue weighted by molar-refractivity contribution is -0.383. The normalized spacial score (nSPS) is 10.6. The van der Waals surface area contributed by atoms with E-state index in [9.17, 15) is 10.1 Å². The molecule has 0 amide bonds. The Morgan fingerprint density at radius 3 is 1.94 bits per heavy atom. The Morgan fingerprint density at radius 2 is 1.32 bits per heavy atom. The first-order chi connectivity index (χ1) is 16.4. The van der Waals surface area contributed by atoms with E-state index in [0.29, 0.717) is 15.5 Å². The van der Waals surface area contributed by atoms with Crippen LogP contribution >= 0.6 is 47.8 Å². The molecule has 0 aliphatic carbocycles. The third-order valence-electron chi connectivity index (χ3n) is 4.66. The summed E-state index contributed by atoms with van der Waals surface area (Å²) in [5.74, 6) is 0. The molecule has 6 aromatic heterocycles. The fourth-order valence-electron chi connectivity index (χ4n) is 3.11. The van der Waals surface area contributed by atoms with Crippen LogP contribution < -0.4 is 5.73 Å². The Kier molecular flexibility index (Phi) is 7.24. The van der Waals surface area contributed by atoms with Crippen LogP contribution in [0, 0.1) is 10.1 Å². The van der Waals surface area contributed by atoms with E-state index in [0.717, 1.165) is 36.7 Å². The SMILES string of the molecule is Brc1ccnc2[nH]ccc12.Nc1c[nH]c2nccc(Br)c12.O=[N+]([O-])c1c[nH]c2nccc(Br)c12. The summed E-state index contributed by atoms with van der Waals surface area (Å²) in [4.78, 5) is 31.0. The van der Waals surface area contributed by atoms with Crippen molar-refractivity contribution in [2.24, 2.45) is 0 Å². The number of nitrogens with two attached hydrogens (primary N) is 1. The zero-order valence-electron chi connectivity index (χ0n) is 17.1. The average molecular weight is 651 g/mol. The monoisotopic (exact) mass is 648 g/mol. The second kappa shape index (κ2) is 10.3. The van der Waals surface area contributed by atoms with Gasteiger partial charge >= 0.3 is 0 Å². The fourth-order valence-corrected chi connectivity index (χ4v) is 4.59. The standard InChI is InChI=1S/C7H4BrN3O2.C7H6BrN3.C7H5BrN2/c8-4-1-2-9-7-6(4)5(3-10-7)11(12)13;8-4-1-2-10-7-6(4)5(9)3-11-7;8-6-2-4-10-7-5(6)1-3-9-7/h1-3H,(H,9,10);1-3H,9H2,(H,10,11);1-4H,(H,9,10). The summed E-state index contributed by atoms with van der Waals surface area (Å²) in [6.45, 7) is 0. The molecular formula is C21H15Br3N8O2. The van der Waals surface area contributed by atoms with Gasteiger partial charge in [-0.15, -0.1) is 0 Å². The maximum Gasteiger partial charge on any atom is 0.297 e. The van der Waals surface area contributed by atoms with Gasteiger partial charge in [0.15, 0.2) is 0 Å². The first kappa shape index (κ1) is 23.9. The number of hydrogen-bond acceptors (Lipinski definition) is 6. The molecule has 0 radical (unpaired) electrons. The van der Waals surface area contributed by atoms with Crippen molar-refractivity contribution in [3.8, 4) is 0 Å². The molecule has 0 saturated heterocycles. The highest BCUT2D eigenvalue weighted by Gasteiger charge is 2.16. The summed E-state index contributed by atoms with van der Waals surface area (Å²) in [5.41, 5.74) is 8.69. The smallest absolute Gasteiger partial charge is 0.297 e. The molecule has 5 N–H and O–H groups in total. The van der Waals surface area contributed by atoms with Crippen LogP contribution in [0.5, 0.6) is 0 Å². The molecule has 0 fully saturated rings. The number of aromatic amines is 3. The minimum absolute atomic E-state index is 0.0370. The van der Waals surface area contributed by atoms with Crippen LogP contribution in [0.15, 0.2) is 74.9 Å². The molecule has 10 nitrogen and oxygen atoms in total. The van der Waals surface area contributed by atoms with E-state index in [1.165, 1.54) is 6.20 Å². The molecule has 0 atom stereocenters. The van der Waals surface area contributed by atoms with Gasteiger partial charge in [-0.3, -0.25) is 10.1 Å². The minimum Gasteiger partial charge on any atom is -0.397 e. The maximum atomic E-state index is 10.6. The number of fused-ring (bicyclic) bond motifs is 3. The first-order valence-corrected chi connectivity index (χ1v) is 12.0. The Balaban J connectivity index is 0.000000122. The number of H-pyrrole nitrogens is 3. The van der Waals surface area contributed by atoms with Gasteiger partial charge in [0.1, 0.15) is 22.3 Å². The summed E-state index contributed by atoms with van der Waals surface area (Å²) in [7, 11) is 0. The highest BCUT2D eigenvalue weighted by Crippen LogP contribution is 2.30. The van der Waals surface area contributed by atoms with Crippen molar-refractivity contribution in [1.82, 2.24) is 29.9 Å². The van der Waals surface area contributed by atoms with Crippen molar-refractivity contribution in [3.63, 3.8) is 0 Å². The van der Waals surface area contributed by atoms with Crippen molar-refractivity contribution in [2.45, 2.75) is 0 Å². The van der Waals surface area contributed by atoms with Gasteiger partial charge in [-0.2, -0.15) is 0 Å². The number of pyridine rings is 3. The van der Waals surface area contributed by atoms with Gasteiger partial charge in [-0.05, 0) is 72.1 Å². The van der Waals surface area contributed by atoms with Gasteiger partial charge in [-0.25, -0.2) is 15.0 Å². The number of nitrogens with one attached hydrogen (secondary N) is 3. The van der Waals surface area contributed by atoms with E-state index >= 15 is 0 Å². The molecule has 34 heavy (non-hydrogen) atoms. The molecule has 0 unspecified atom stereocenters. The van der Waals surface area contributed by atoms with E-state index < -0.39 is 4.92 Å². The molecule has 0 aromatic carbocycles. The largest absolute Gasteiger partial charge is 0.397 e. The van der Waals surface area contributed by atoms with Crippen LogP contribution in [-0.2, 0) is 0 Å². The van der Waals surface area contributed by atoms with E-state index in [1.54, 1.807) is 30.9 Å².